The number of benzene rings is 4. The predicted octanol–water partition coefficient (Wildman–Crippen LogP) is 7.31. The minimum atomic E-state index is -0.452. The number of nitrogens with zero attached hydrogens (tertiary/aromatic N) is 4. The third kappa shape index (κ3) is 6.71. The van der Waals surface area contributed by atoms with Crippen molar-refractivity contribution in [2.24, 2.45) is 0 Å². The number of halogens is 3. The predicted molar refractivity (Wildman–Crippen MR) is 173 cm³/mol. The summed E-state index contributed by atoms with van der Waals surface area (Å²) in [5.74, 6) is -2.22. The molecule has 0 saturated carbocycles. The molecule has 0 aromatic heterocycles. The molecule has 0 atom stereocenters. The molecule has 0 aliphatic carbocycles. The van der Waals surface area contributed by atoms with E-state index in [9.17, 15) is 28.0 Å². The number of carbonyl (C=O) groups excluding carboxylic acids is 4. The molecule has 2 aliphatic heterocycles. The quantitative estimate of drug-likeness (QED) is 0.217. The van der Waals surface area contributed by atoms with Gasteiger partial charge in [-0.05, 0) is 73.7 Å². The topological polar surface area (TPSA) is 81.2 Å². The average Bonchev–Trinajstić information content (AvgIpc) is 3.13. The summed E-state index contributed by atoms with van der Waals surface area (Å²) in [5, 5.41) is 0.446. The Bertz CT molecular complexity index is 1650. The van der Waals surface area contributed by atoms with Gasteiger partial charge in [-0.3, -0.25) is 29.0 Å². The molecule has 11 heteroatoms. The van der Waals surface area contributed by atoms with Crippen molar-refractivity contribution in [1.82, 2.24) is 0 Å². The Balaban J connectivity index is 0.000000200. The second-order valence-corrected chi connectivity index (χ2v) is 10.7. The van der Waals surface area contributed by atoms with Gasteiger partial charge >= 0.3 is 0 Å². The fourth-order valence-corrected chi connectivity index (χ4v) is 5.13. The van der Waals surface area contributed by atoms with Gasteiger partial charge in [0.1, 0.15) is 24.5 Å². The summed E-state index contributed by atoms with van der Waals surface area (Å²) in [5.41, 5.74) is 4.12. The van der Waals surface area contributed by atoms with Gasteiger partial charge in [-0.1, -0.05) is 36.7 Å². The van der Waals surface area contributed by atoms with Crippen LogP contribution in [0.1, 0.15) is 25.8 Å². The van der Waals surface area contributed by atoms with E-state index in [1.807, 2.05) is 19.1 Å². The van der Waals surface area contributed by atoms with Crippen LogP contribution in [0.15, 0.2) is 84.9 Å². The largest absolute Gasteiger partial charge is 0.313 e. The highest BCUT2D eigenvalue weighted by molar-refractivity contribution is 6.31. The van der Waals surface area contributed by atoms with Gasteiger partial charge in [-0.2, -0.15) is 0 Å². The van der Waals surface area contributed by atoms with Crippen molar-refractivity contribution in [1.29, 1.82) is 0 Å². The SMILES string of the molecule is C.CN1C(=O)CC(=O)N(c2ccc(F)cc2)c2cc(Cl)ccc21.Cc1ccc(N2C(=O)CC(=O)N(C)c3ccc(F)cc32)cc1. The van der Waals surface area contributed by atoms with Gasteiger partial charge < -0.3 is 9.80 Å². The van der Waals surface area contributed by atoms with E-state index in [2.05, 4.69) is 0 Å². The molecule has 0 saturated heterocycles. The lowest BCUT2D eigenvalue weighted by atomic mass is 10.1. The molecule has 0 spiro atoms. The molecule has 0 radical (unpaired) electrons. The van der Waals surface area contributed by atoms with Crippen LogP contribution in [0.2, 0.25) is 5.02 Å². The summed E-state index contributed by atoms with van der Waals surface area (Å²) in [7, 11) is 3.20. The number of rotatable bonds is 2. The average molecular weight is 633 g/mol. The van der Waals surface area contributed by atoms with Gasteiger partial charge in [0.2, 0.25) is 23.6 Å². The van der Waals surface area contributed by atoms with Crippen LogP contribution in [0.4, 0.5) is 42.9 Å². The Kier molecular flexibility index (Phi) is 9.68. The van der Waals surface area contributed by atoms with Crippen LogP contribution in [-0.4, -0.2) is 37.7 Å². The maximum Gasteiger partial charge on any atom is 0.241 e. The van der Waals surface area contributed by atoms with E-state index in [0.29, 0.717) is 39.1 Å². The third-order valence-electron chi connectivity index (χ3n) is 7.31. The first-order chi connectivity index (χ1) is 20.9. The van der Waals surface area contributed by atoms with E-state index in [-0.39, 0.29) is 43.9 Å². The van der Waals surface area contributed by atoms with Crippen LogP contribution in [0, 0.1) is 18.6 Å². The molecule has 232 valence electrons. The molecular weight excluding hydrogens is 602 g/mol. The molecule has 2 aliphatic rings. The summed E-state index contributed by atoms with van der Waals surface area (Å²) in [6.45, 7) is 1.94. The number of aryl methyl sites for hydroxylation is 1. The van der Waals surface area contributed by atoms with E-state index >= 15 is 0 Å². The highest BCUT2D eigenvalue weighted by Gasteiger charge is 2.32. The van der Waals surface area contributed by atoms with Crippen molar-refractivity contribution in [3.05, 3.63) is 107 Å². The van der Waals surface area contributed by atoms with Gasteiger partial charge in [-0.25, -0.2) is 8.78 Å². The molecule has 0 unspecified atom stereocenters. The summed E-state index contributed by atoms with van der Waals surface area (Å²) in [4.78, 5) is 54.7. The molecular formula is C34H31ClF2N4O4. The Morgan fingerprint density at radius 3 is 1.49 bits per heavy atom. The molecule has 8 nitrogen and oxygen atoms in total. The fraction of sp³-hybridized carbons (Fsp3) is 0.176. The number of carbonyl (C=O) groups is 4. The lowest BCUT2D eigenvalue weighted by Gasteiger charge is -2.24. The minimum absolute atomic E-state index is 0. The number of hydrogen-bond donors (Lipinski definition) is 0. The van der Waals surface area contributed by atoms with Crippen molar-refractivity contribution >= 4 is 69.4 Å². The van der Waals surface area contributed by atoms with Crippen LogP contribution in [0.3, 0.4) is 0 Å². The Morgan fingerprint density at radius 2 is 0.978 bits per heavy atom. The summed E-state index contributed by atoms with van der Waals surface area (Å²) < 4.78 is 26.8. The van der Waals surface area contributed by atoms with E-state index in [1.54, 1.807) is 44.4 Å². The normalized spacial score (nSPS) is 14.5. The lowest BCUT2D eigenvalue weighted by Crippen LogP contribution is -2.28. The highest BCUT2D eigenvalue weighted by Crippen LogP contribution is 2.40. The van der Waals surface area contributed by atoms with Gasteiger partial charge in [0, 0.05) is 36.6 Å². The fourth-order valence-electron chi connectivity index (χ4n) is 4.96. The van der Waals surface area contributed by atoms with Crippen molar-refractivity contribution in [3.63, 3.8) is 0 Å². The van der Waals surface area contributed by atoms with Crippen molar-refractivity contribution in [2.75, 3.05) is 33.7 Å². The molecule has 6 rings (SSSR count). The van der Waals surface area contributed by atoms with Gasteiger partial charge in [-0.15, -0.1) is 0 Å². The Morgan fingerprint density at radius 1 is 0.556 bits per heavy atom. The summed E-state index contributed by atoms with van der Waals surface area (Å²) in [6, 6.07) is 21.9. The van der Waals surface area contributed by atoms with Crippen LogP contribution in [0.5, 0.6) is 0 Å². The van der Waals surface area contributed by atoms with E-state index in [4.69, 9.17) is 11.6 Å². The zero-order valence-corrected chi connectivity index (χ0v) is 24.8. The van der Waals surface area contributed by atoms with Gasteiger partial charge in [0.05, 0.1) is 22.7 Å². The zero-order valence-electron chi connectivity index (χ0n) is 24.1. The second kappa shape index (κ2) is 13.3. The van der Waals surface area contributed by atoms with Crippen molar-refractivity contribution < 1.29 is 28.0 Å². The smallest absolute Gasteiger partial charge is 0.241 e. The summed E-state index contributed by atoms with van der Waals surface area (Å²) >= 11 is 6.04. The first kappa shape index (κ1) is 32.8. The van der Waals surface area contributed by atoms with Gasteiger partial charge in [0.15, 0.2) is 0 Å². The molecule has 0 bridgehead atoms. The van der Waals surface area contributed by atoms with E-state index in [1.165, 1.54) is 62.1 Å². The number of amides is 4. The molecule has 45 heavy (non-hydrogen) atoms. The Hall–Kier alpha value is -5.09. The number of fused-ring (bicyclic) bond motifs is 2. The Labute approximate surface area is 265 Å². The molecule has 4 amide bonds. The molecule has 2 heterocycles. The van der Waals surface area contributed by atoms with Crippen LogP contribution >= 0.6 is 11.6 Å². The summed E-state index contributed by atoms with van der Waals surface area (Å²) in [6.07, 6.45) is -0.513. The minimum Gasteiger partial charge on any atom is -0.313 e. The molecule has 0 fully saturated rings. The second-order valence-electron chi connectivity index (χ2n) is 10.3. The zero-order chi connectivity index (χ0) is 31.7. The molecule has 4 aromatic rings. The molecule has 0 N–H and O–H groups in total. The third-order valence-corrected chi connectivity index (χ3v) is 7.54. The van der Waals surface area contributed by atoms with Crippen LogP contribution in [0.25, 0.3) is 0 Å². The maximum atomic E-state index is 13.7. The maximum absolute atomic E-state index is 13.7. The van der Waals surface area contributed by atoms with E-state index < -0.39 is 11.6 Å². The highest BCUT2D eigenvalue weighted by atomic mass is 35.5. The first-order valence-electron chi connectivity index (χ1n) is 13.5. The standard InChI is InChI=1S/C17H15FN2O2.C16H12ClFN2O2.CH4/c1-11-3-6-13(7-4-11)20-15-9-12(18)5-8-14(15)19(2)16(21)10-17(20)22;1-19-13-7-2-10(17)8-14(13)20(16(22)9-15(19)21)12-5-3-11(18)4-6-12;/h3-9H,10H2,1-2H3;2-8H,9H2,1H3;1H4. The first-order valence-corrected chi connectivity index (χ1v) is 13.9. The van der Waals surface area contributed by atoms with Crippen LogP contribution in [-0.2, 0) is 19.2 Å². The van der Waals surface area contributed by atoms with Crippen molar-refractivity contribution in [3.8, 4) is 0 Å². The van der Waals surface area contributed by atoms with E-state index in [0.717, 1.165) is 5.56 Å². The van der Waals surface area contributed by atoms with Crippen LogP contribution < -0.4 is 19.6 Å². The van der Waals surface area contributed by atoms with Gasteiger partial charge in [0.25, 0.3) is 0 Å². The lowest BCUT2D eigenvalue weighted by molar-refractivity contribution is -0.127. The molecule has 4 aromatic carbocycles. The number of anilines is 6. The van der Waals surface area contributed by atoms with Crippen molar-refractivity contribution in [2.45, 2.75) is 27.2 Å². The monoisotopic (exact) mass is 632 g/mol. The number of hydrogen-bond acceptors (Lipinski definition) is 4.